The monoisotopic (exact) mass is 316 g/mol. The van der Waals surface area contributed by atoms with E-state index in [1.165, 1.54) is 18.3 Å². The first-order valence-electron chi connectivity index (χ1n) is 5.93. The maximum atomic E-state index is 13.7. The molecule has 2 aromatic rings. The first-order valence-corrected chi connectivity index (χ1v) is 6.69. The van der Waals surface area contributed by atoms with Gasteiger partial charge in [0.25, 0.3) is 0 Å². The molecular formula is C14H12Cl2F2N2. The molecule has 0 saturated heterocycles. The molecule has 1 heterocycles. The van der Waals surface area contributed by atoms with Crippen molar-refractivity contribution in [2.45, 2.75) is 12.5 Å². The van der Waals surface area contributed by atoms with Crippen molar-refractivity contribution in [2.24, 2.45) is 0 Å². The van der Waals surface area contributed by atoms with E-state index in [9.17, 15) is 8.78 Å². The molecule has 106 valence electrons. The van der Waals surface area contributed by atoms with Crippen LogP contribution in [0.4, 0.5) is 8.78 Å². The Kier molecular flexibility index (Phi) is 4.91. The highest BCUT2D eigenvalue weighted by atomic mass is 35.5. The molecule has 1 N–H and O–H groups in total. The van der Waals surface area contributed by atoms with Crippen LogP contribution < -0.4 is 5.32 Å². The second kappa shape index (κ2) is 6.48. The van der Waals surface area contributed by atoms with Gasteiger partial charge in [-0.05, 0) is 31.2 Å². The van der Waals surface area contributed by atoms with Gasteiger partial charge in [0.05, 0.1) is 21.8 Å². The summed E-state index contributed by atoms with van der Waals surface area (Å²) >= 11 is 11.9. The number of likely N-dealkylation sites (N-methyl/N-ethyl adjacent to an activating group) is 1. The molecule has 0 bridgehead atoms. The lowest BCUT2D eigenvalue weighted by atomic mass is 10.0. The van der Waals surface area contributed by atoms with Gasteiger partial charge >= 0.3 is 0 Å². The van der Waals surface area contributed by atoms with Crippen molar-refractivity contribution >= 4 is 23.2 Å². The third kappa shape index (κ3) is 3.45. The highest BCUT2D eigenvalue weighted by Crippen LogP contribution is 2.26. The lowest BCUT2D eigenvalue weighted by Crippen LogP contribution is -2.21. The SMILES string of the molecule is CNC(Cc1ccc(F)cc1F)c1ncc(Cl)cc1Cl. The largest absolute Gasteiger partial charge is 0.311 e. The van der Waals surface area contributed by atoms with Crippen molar-refractivity contribution in [1.82, 2.24) is 10.3 Å². The number of rotatable bonds is 4. The molecular weight excluding hydrogens is 305 g/mol. The average Bonchev–Trinajstić information content (AvgIpc) is 2.39. The highest BCUT2D eigenvalue weighted by Gasteiger charge is 2.17. The Morgan fingerprint density at radius 1 is 1.25 bits per heavy atom. The number of hydrogen-bond acceptors (Lipinski definition) is 2. The van der Waals surface area contributed by atoms with Crippen molar-refractivity contribution in [1.29, 1.82) is 0 Å². The minimum Gasteiger partial charge on any atom is -0.311 e. The molecule has 0 amide bonds. The number of hydrogen-bond donors (Lipinski definition) is 1. The van der Waals surface area contributed by atoms with Crippen LogP contribution in [0.2, 0.25) is 10.0 Å². The quantitative estimate of drug-likeness (QED) is 0.915. The third-order valence-electron chi connectivity index (χ3n) is 2.95. The standard InChI is InChI=1S/C14H12Cl2F2N2/c1-19-13(14-11(16)5-9(15)7-20-14)4-8-2-3-10(17)6-12(8)18/h2-3,5-7,13,19H,4H2,1H3. The Balaban J connectivity index is 2.28. The molecule has 0 aliphatic rings. The maximum Gasteiger partial charge on any atom is 0.129 e. The summed E-state index contributed by atoms with van der Waals surface area (Å²) in [4.78, 5) is 4.17. The van der Waals surface area contributed by atoms with Crippen molar-refractivity contribution in [3.8, 4) is 0 Å². The van der Waals surface area contributed by atoms with Gasteiger partial charge in [-0.3, -0.25) is 4.98 Å². The lowest BCUT2D eigenvalue weighted by molar-refractivity contribution is 0.534. The first-order chi connectivity index (χ1) is 9.51. The molecule has 0 saturated carbocycles. The van der Waals surface area contributed by atoms with E-state index >= 15 is 0 Å². The van der Waals surface area contributed by atoms with E-state index in [4.69, 9.17) is 23.2 Å². The molecule has 2 nitrogen and oxygen atoms in total. The normalized spacial score (nSPS) is 12.4. The fourth-order valence-corrected chi connectivity index (χ4v) is 2.44. The molecule has 0 spiro atoms. The zero-order chi connectivity index (χ0) is 14.7. The van der Waals surface area contributed by atoms with Crippen molar-refractivity contribution in [2.75, 3.05) is 7.05 Å². The third-order valence-corrected chi connectivity index (χ3v) is 3.46. The Morgan fingerprint density at radius 3 is 2.60 bits per heavy atom. The van der Waals surface area contributed by atoms with Gasteiger partial charge in [-0.15, -0.1) is 0 Å². The topological polar surface area (TPSA) is 24.9 Å². The Morgan fingerprint density at radius 2 is 2.00 bits per heavy atom. The summed E-state index contributed by atoms with van der Waals surface area (Å²) in [5.41, 5.74) is 0.959. The summed E-state index contributed by atoms with van der Waals surface area (Å²) in [6.45, 7) is 0. The molecule has 20 heavy (non-hydrogen) atoms. The van der Waals surface area contributed by atoms with E-state index in [0.717, 1.165) is 6.07 Å². The van der Waals surface area contributed by atoms with Crippen LogP contribution in [-0.2, 0) is 6.42 Å². The zero-order valence-electron chi connectivity index (χ0n) is 10.6. The highest BCUT2D eigenvalue weighted by molar-refractivity contribution is 6.34. The number of nitrogens with one attached hydrogen (secondary N) is 1. The van der Waals surface area contributed by atoms with E-state index in [1.54, 1.807) is 13.1 Å². The van der Waals surface area contributed by atoms with Gasteiger partial charge in [0.1, 0.15) is 11.6 Å². The molecule has 1 aromatic heterocycles. The first kappa shape index (κ1) is 15.2. The number of halogens is 4. The van der Waals surface area contributed by atoms with E-state index in [-0.39, 0.29) is 6.04 Å². The predicted octanol–water partition coefficient (Wildman–Crippen LogP) is 4.17. The number of aromatic nitrogens is 1. The van der Waals surface area contributed by atoms with Crippen LogP contribution in [0.25, 0.3) is 0 Å². The minimum atomic E-state index is -0.602. The second-order valence-electron chi connectivity index (χ2n) is 4.30. The fraction of sp³-hybridized carbons (Fsp3) is 0.214. The van der Waals surface area contributed by atoms with E-state index in [1.807, 2.05) is 0 Å². The van der Waals surface area contributed by atoms with Gasteiger partial charge < -0.3 is 5.32 Å². The van der Waals surface area contributed by atoms with Crippen LogP contribution in [0.1, 0.15) is 17.3 Å². The van der Waals surface area contributed by atoms with Crippen LogP contribution in [0.5, 0.6) is 0 Å². The van der Waals surface area contributed by atoms with Crippen molar-refractivity contribution in [3.63, 3.8) is 0 Å². The van der Waals surface area contributed by atoms with Gasteiger partial charge in [-0.1, -0.05) is 29.3 Å². The van der Waals surface area contributed by atoms with Gasteiger partial charge in [-0.25, -0.2) is 8.78 Å². The average molecular weight is 317 g/mol. The molecule has 0 aliphatic carbocycles. The molecule has 1 atom stereocenters. The summed E-state index contributed by atoms with van der Waals surface area (Å²) in [7, 11) is 1.72. The lowest BCUT2D eigenvalue weighted by Gasteiger charge is -2.17. The summed E-state index contributed by atoms with van der Waals surface area (Å²) in [6.07, 6.45) is 1.78. The molecule has 1 aromatic carbocycles. The number of nitrogens with zero attached hydrogens (tertiary/aromatic N) is 1. The summed E-state index contributed by atoms with van der Waals surface area (Å²) < 4.78 is 26.6. The van der Waals surface area contributed by atoms with Gasteiger partial charge in [0.2, 0.25) is 0 Å². The zero-order valence-corrected chi connectivity index (χ0v) is 12.1. The molecule has 0 fully saturated rings. The van der Waals surface area contributed by atoms with Crippen LogP contribution in [0.3, 0.4) is 0 Å². The summed E-state index contributed by atoms with van der Waals surface area (Å²) in [6, 6.07) is 4.79. The number of pyridine rings is 1. The summed E-state index contributed by atoms with van der Waals surface area (Å²) in [5.74, 6) is -1.19. The van der Waals surface area contributed by atoms with E-state index in [2.05, 4.69) is 10.3 Å². The van der Waals surface area contributed by atoms with Gasteiger partial charge in [-0.2, -0.15) is 0 Å². The molecule has 1 unspecified atom stereocenters. The Hall–Kier alpha value is -1.23. The van der Waals surface area contributed by atoms with Crippen LogP contribution in [0.15, 0.2) is 30.5 Å². The Labute approximate surface area is 125 Å². The second-order valence-corrected chi connectivity index (χ2v) is 5.15. The maximum absolute atomic E-state index is 13.7. The summed E-state index contributed by atoms with van der Waals surface area (Å²) in [5, 5.41) is 3.85. The Bertz CT molecular complexity index is 620. The van der Waals surface area contributed by atoms with Crippen molar-refractivity contribution in [3.05, 3.63) is 63.4 Å². The number of benzene rings is 1. The van der Waals surface area contributed by atoms with E-state index < -0.39 is 11.6 Å². The minimum absolute atomic E-state index is 0.292. The van der Waals surface area contributed by atoms with Crippen LogP contribution in [-0.4, -0.2) is 12.0 Å². The smallest absolute Gasteiger partial charge is 0.129 e. The molecule has 0 aliphatic heterocycles. The molecule has 6 heteroatoms. The fourth-order valence-electron chi connectivity index (χ4n) is 1.92. The molecule has 0 radical (unpaired) electrons. The van der Waals surface area contributed by atoms with Crippen LogP contribution in [0, 0.1) is 11.6 Å². The van der Waals surface area contributed by atoms with E-state index in [0.29, 0.717) is 27.7 Å². The molecule has 2 rings (SSSR count). The van der Waals surface area contributed by atoms with Crippen LogP contribution >= 0.6 is 23.2 Å². The van der Waals surface area contributed by atoms with Crippen molar-refractivity contribution < 1.29 is 8.78 Å². The van der Waals surface area contributed by atoms with Gasteiger partial charge in [0, 0.05) is 12.3 Å². The predicted molar refractivity (Wildman–Crippen MR) is 76.1 cm³/mol. The van der Waals surface area contributed by atoms with Gasteiger partial charge in [0.15, 0.2) is 0 Å².